The third kappa shape index (κ3) is 10.0. The Morgan fingerprint density at radius 2 is 1.33 bits per heavy atom. The van der Waals surface area contributed by atoms with Crippen molar-refractivity contribution < 1.29 is 24.3 Å². The maximum Gasteiger partial charge on any atom is 0.325 e. The molecule has 0 rings (SSSR count). The largest absolute Gasteiger partial charge is 0.480 e. The van der Waals surface area contributed by atoms with Gasteiger partial charge in [-0.05, 0) is 37.5 Å². The van der Waals surface area contributed by atoms with Crippen molar-refractivity contribution in [2.24, 2.45) is 23.5 Å². The molecule has 0 radical (unpaired) electrons. The highest BCUT2D eigenvalue weighted by Crippen LogP contribution is 2.12. The van der Waals surface area contributed by atoms with Crippen LogP contribution in [0.4, 0.5) is 0 Å². The van der Waals surface area contributed by atoms with Gasteiger partial charge in [0.15, 0.2) is 0 Å². The maximum atomic E-state index is 13.0. The van der Waals surface area contributed by atoms with E-state index in [4.69, 9.17) is 10.8 Å². The molecule has 6 N–H and O–H groups in total. The molecule has 0 heterocycles. The Morgan fingerprint density at radius 3 is 1.77 bits per heavy atom. The first-order valence-corrected chi connectivity index (χ1v) is 10.7. The summed E-state index contributed by atoms with van der Waals surface area (Å²) in [6, 6.07) is -3.56. The van der Waals surface area contributed by atoms with Crippen LogP contribution in [-0.2, 0) is 19.2 Å². The van der Waals surface area contributed by atoms with Crippen LogP contribution in [0.15, 0.2) is 0 Å². The summed E-state index contributed by atoms with van der Waals surface area (Å²) in [5.41, 5.74) is 5.94. The third-order valence-corrected chi connectivity index (χ3v) is 4.92. The molecular formula is C21H40N4O5. The minimum atomic E-state index is -1.16. The van der Waals surface area contributed by atoms with Crippen LogP contribution in [0.5, 0.6) is 0 Å². The van der Waals surface area contributed by atoms with Crippen molar-refractivity contribution in [3.05, 3.63) is 0 Å². The molecule has 0 fully saturated rings. The van der Waals surface area contributed by atoms with Gasteiger partial charge < -0.3 is 26.8 Å². The summed E-state index contributed by atoms with van der Waals surface area (Å²) in [6.07, 6.45) is 1.46. The number of carboxylic acids is 1. The number of amides is 3. The Bertz CT molecular complexity index is 594. The van der Waals surface area contributed by atoms with Crippen LogP contribution in [0.3, 0.4) is 0 Å². The molecule has 174 valence electrons. The normalized spacial score (nSPS) is 16.3. The number of aliphatic carboxylic acids is 1. The van der Waals surface area contributed by atoms with Gasteiger partial charge in [0.25, 0.3) is 0 Å². The summed E-state index contributed by atoms with van der Waals surface area (Å²) >= 11 is 0. The van der Waals surface area contributed by atoms with Gasteiger partial charge >= 0.3 is 5.97 Å². The quantitative estimate of drug-likeness (QED) is 0.295. The summed E-state index contributed by atoms with van der Waals surface area (Å²) in [5, 5.41) is 16.8. The fourth-order valence-electron chi connectivity index (χ4n) is 2.92. The Morgan fingerprint density at radius 1 is 0.800 bits per heavy atom. The zero-order chi connectivity index (χ0) is 23.6. The summed E-state index contributed by atoms with van der Waals surface area (Å²) < 4.78 is 0. The van der Waals surface area contributed by atoms with Crippen LogP contribution >= 0.6 is 0 Å². The lowest BCUT2D eigenvalue weighted by molar-refractivity contribution is -0.142. The van der Waals surface area contributed by atoms with E-state index < -0.39 is 47.9 Å². The highest BCUT2D eigenvalue weighted by molar-refractivity contribution is 5.94. The fourth-order valence-corrected chi connectivity index (χ4v) is 2.92. The number of carbonyl (C=O) groups excluding carboxylic acids is 3. The average Bonchev–Trinajstić information content (AvgIpc) is 2.63. The van der Waals surface area contributed by atoms with Gasteiger partial charge in [0.05, 0.1) is 6.04 Å². The molecule has 9 heteroatoms. The Labute approximate surface area is 179 Å². The van der Waals surface area contributed by atoms with Crippen molar-refractivity contribution >= 4 is 23.7 Å². The van der Waals surface area contributed by atoms with Crippen molar-refractivity contribution in [2.75, 3.05) is 0 Å². The number of nitrogens with one attached hydrogen (secondary N) is 3. The number of hydrogen-bond donors (Lipinski definition) is 5. The number of rotatable bonds is 13. The molecule has 0 aliphatic carbocycles. The van der Waals surface area contributed by atoms with E-state index in [1.54, 1.807) is 0 Å². The van der Waals surface area contributed by atoms with Crippen molar-refractivity contribution in [3.8, 4) is 0 Å². The summed E-state index contributed by atoms with van der Waals surface area (Å²) in [4.78, 5) is 49.0. The number of carbonyl (C=O) groups is 4. The Balaban J connectivity index is 5.40. The summed E-state index contributed by atoms with van der Waals surface area (Å²) in [6.45, 7) is 12.8. The molecule has 5 unspecified atom stereocenters. The summed E-state index contributed by atoms with van der Waals surface area (Å²) in [5.74, 6) is -2.50. The smallest absolute Gasteiger partial charge is 0.325 e. The molecule has 0 aromatic rings. The molecule has 0 aliphatic heterocycles. The number of hydrogen-bond acceptors (Lipinski definition) is 5. The fraction of sp³-hybridized carbons (Fsp3) is 0.810. The monoisotopic (exact) mass is 428 g/mol. The molecule has 30 heavy (non-hydrogen) atoms. The third-order valence-electron chi connectivity index (χ3n) is 4.92. The van der Waals surface area contributed by atoms with E-state index in [1.165, 1.54) is 6.92 Å². The van der Waals surface area contributed by atoms with Gasteiger partial charge in [-0.3, -0.25) is 19.2 Å². The lowest BCUT2D eigenvalue weighted by Crippen LogP contribution is -2.58. The average molecular weight is 429 g/mol. The Kier molecular flexibility index (Phi) is 12.3. The van der Waals surface area contributed by atoms with Crippen LogP contribution in [0.1, 0.15) is 67.7 Å². The molecule has 0 spiro atoms. The Hall–Kier alpha value is -2.16. The lowest BCUT2D eigenvalue weighted by Gasteiger charge is -2.28. The zero-order valence-electron chi connectivity index (χ0n) is 19.3. The van der Waals surface area contributed by atoms with E-state index in [9.17, 15) is 19.2 Å². The first-order chi connectivity index (χ1) is 13.8. The van der Waals surface area contributed by atoms with Crippen molar-refractivity contribution in [2.45, 2.75) is 91.9 Å². The first kappa shape index (κ1) is 27.8. The molecule has 0 aromatic carbocycles. The minimum absolute atomic E-state index is 0.0808. The maximum absolute atomic E-state index is 13.0. The van der Waals surface area contributed by atoms with E-state index in [1.807, 2.05) is 41.5 Å². The SMILES string of the molecule is CCC(C)C(NC(=O)C(N)CC(C)C)C(=O)NC(CC(C)C)C(=O)NC(C)C(=O)O. The lowest BCUT2D eigenvalue weighted by atomic mass is 9.95. The van der Waals surface area contributed by atoms with Gasteiger partial charge in [0.1, 0.15) is 18.1 Å². The highest BCUT2D eigenvalue weighted by Gasteiger charge is 2.32. The number of nitrogens with two attached hydrogens (primary N) is 1. The van der Waals surface area contributed by atoms with Gasteiger partial charge in [-0.1, -0.05) is 48.0 Å². The molecule has 0 aromatic heterocycles. The van der Waals surface area contributed by atoms with Gasteiger partial charge in [0, 0.05) is 0 Å². The molecule has 0 bridgehead atoms. The number of carboxylic acid groups (broad SMARTS) is 1. The second-order valence-electron chi connectivity index (χ2n) is 8.87. The van der Waals surface area contributed by atoms with Crippen LogP contribution in [0.2, 0.25) is 0 Å². The van der Waals surface area contributed by atoms with Crippen molar-refractivity contribution in [1.29, 1.82) is 0 Å². The van der Waals surface area contributed by atoms with Crippen molar-refractivity contribution in [1.82, 2.24) is 16.0 Å². The van der Waals surface area contributed by atoms with Crippen LogP contribution < -0.4 is 21.7 Å². The predicted octanol–water partition coefficient (Wildman–Crippen LogP) is 1.01. The van der Waals surface area contributed by atoms with Gasteiger partial charge in [-0.25, -0.2) is 0 Å². The van der Waals surface area contributed by atoms with Crippen LogP contribution in [0.25, 0.3) is 0 Å². The predicted molar refractivity (Wildman–Crippen MR) is 115 cm³/mol. The molecule has 9 nitrogen and oxygen atoms in total. The van der Waals surface area contributed by atoms with Gasteiger partial charge in [0.2, 0.25) is 17.7 Å². The van der Waals surface area contributed by atoms with E-state index in [0.717, 1.165) is 0 Å². The molecule has 0 aliphatic rings. The van der Waals surface area contributed by atoms with Crippen molar-refractivity contribution in [3.63, 3.8) is 0 Å². The van der Waals surface area contributed by atoms with Crippen LogP contribution in [-0.4, -0.2) is 53.0 Å². The molecular weight excluding hydrogens is 388 g/mol. The van der Waals surface area contributed by atoms with Gasteiger partial charge in [-0.2, -0.15) is 0 Å². The first-order valence-electron chi connectivity index (χ1n) is 10.7. The van der Waals surface area contributed by atoms with Crippen LogP contribution in [0, 0.1) is 17.8 Å². The zero-order valence-corrected chi connectivity index (χ0v) is 19.3. The molecule has 3 amide bonds. The molecule has 0 saturated carbocycles. The molecule has 5 atom stereocenters. The van der Waals surface area contributed by atoms with E-state index in [0.29, 0.717) is 19.3 Å². The van der Waals surface area contributed by atoms with E-state index in [2.05, 4.69) is 16.0 Å². The second kappa shape index (κ2) is 13.2. The topological polar surface area (TPSA) is 151 Å². The summed E-state index contributed by atoms with van der Waals surface area (Å²) in [7, 11) is 0. The standard InChI is InChI=1S/C21H40N4O5/c1-8-13(6)17(25-18(26)15(22)9-11(2)3)20(28)24-16(10-12(4)5)19(27)23-14(7)21(29)30/h11-17H,8-10,22H2,1-7H3,(H,23,27)(H,24,28)(H,25,26)(H,29,30). The van der Waals surface area contributed by atoms with E-state index >= 15 is 0 Å². The minimum Gasteiger partial charge on any atom is -0.480 e. The van der Waals surface area contributed by atoms with Gasteiger partial charge in [-0.15, -0.1) is 0 Å². The van der Waals surface area contributed by atoms with E-state index in [-0.39, 0.29) is 17.8 Å². The highest BCUT2D eigenvalue weighted by atomic mass is 16.4. The molecule has 0 saturated heterocycles. The second-order valence-corrected chi connectivity index (χ2v) is 8.87.